The van der Waals surface area contributed by atoms with Gasteiger partial charge in [0.05, 0.1) is 0 Å². The largest absolute Gasteiger partial charge is 0.444 e. The minimum atomic E-state index is 0.609. The summed E-state index contributed by atoms with van der Waals surface area (Å²) in [5, 5.41) is 0. The number of nitrogens with zero attached hydrogens (tertiary/aromatic N) is 1. The molecule has 0 fully saturated rings. The molecule has 3 heteroatoms. The van der Waals surface area contributed by atoms with Crippen LogP contribution in [0, 0.1) is 6.92 Å². The average molecular weight is 250 g/mol. The molecule has 0 aliphatic carbocycles. The summed E-state index contributed by atoms with van der Waals surface area (Å²) in [6.45, 7) is 2.06. The van der Waals surface area contributed by atoms with Crippen molar-refractivity contribution < 1.29 is 4.42 Å². The van der Waals surface area contributed by atoms with Crippen LogP contribution in [0.15, 0.2) is 59.2 Å². The Morgan fingerprint density at radius 1 is 1.00 bits per heavy atom. The fraction of sp³-hybridized carbons (Fsp3) is 0.0625. The lowest BCUT2D eigenvalue weighted by atomic mass is 10.1. The molecule has 0 aliphatic heterocycles. The summed E-state index contributed by atoms with van der Waals surface area (Å²) >= 11 is 0. The Kier molecular flexibility index (Phi) is 2.80. The number of nitrogens with two attached hydrogens (primary N) is 1. The zero-order valence-electron chi connectivity index (χ0n) is 10.6. The van der Waals surface area contributed by atoms with E-state index in [2.05, 4.69) is 18.0 Å². The smallest absolute Gasteiger partial charge is 0.226 e. The average Bonchev–Trinajstić information content (AvgIpc) is 2.89. The van der Waals surface area contributed by atoms with Crippen molar-refractivity contribution in [2.75, 3.05) is 5.73 Å². The Hall–Kier alpha value is -2.55. The number of anilines is 1. The summed E-state index contributed by atoms with van der Waals surface area (Å²) in [6, 6.07) is 15.6. The number of aryl methyl sites for hydroxylation is 1. The fourth-order valence-corrected chi connectivity index (χ4v) is 2.02. The molecule has 3 nitrogen and oxygen atoms in total. The summed E-state index contributed by atoms with van der Waals surface area (Å²) in [5.41, 5.74) is 10.4. The van der Waals surface area contributed by atoms with Crippen LogP contribution in [0.2, 0.25) is 0 Å². The molecule has 0 amide bonds. The van der Waals surface area contributed by atoms with Crippen molar-refractivity contribution in [3.63, 3.8) is 0 Å². The van der Waals surface area contributed by atoms with Crippen molar-refractivity contribution in [1.82, 2.24) is 4.98 Å². The highest BCUT2D eigenvalue weighted by Gasteiger charge is 2.09. The molecule has 0 unspecified atom stereocenters. The van der Waals surface area contributed by atoms with Crippen molar-refractivity contribution in [3.8, 4) is 22.7 Å². The van der Waals surface area contributed by atoms with Gasteiger partial charge in [0.15, 0.2) is 0 Å². The minimum Gasteiger partial charge on any atom is -0.444 e. The van der Waals surface area contributed by atoms with Crippen molar-refractivity contribution in [3.05, 3.63) is 60.4 Å². The first-order valence-electron chi connectivity index (χ1n) is 6.11. The minimum absolute atomic E-state index is 0.609. The Morgan fingerprint density at radius 3 is 2.47 bits per heavy atom. The predicted octanol–water partition coefficient (Wildman–Crippen LogP) is 3.90. The molecular formula is C16H14N2O. The van der Waals surface area contributed by atoms with Crippen LogP contribution in [-0.2, 0) is 0 Å². The van der Waals surface area contributed by atoms with E-state index in [-0.39, 0.29) is 0 Å². The number of nitrogen functional groups attached to an aromatic ring is 1. The van der Waals surface area contributed by atoms with Gasteiger partial charge in [-0.3, -0.25) is 0 Å². The van der Waals surface area contributed by atoms with Gasteiger partial charge in [0.25, 0.3) is 0 Å². The summed E-state index contributed by atoms with van der Waals surface area (Å²) in [6.07, 6.45) is 1.69. The topological polar surface area (TPSA) is 52.0 Å². The second-order valence-electron chi connectivity index (χ2n) is 4.47. The molecule has 0 spiro atoms. The van der Waals surface area contributed by atoms with E-state index in [4.69, 9.17) is 10.2 Å². The highest BCUT2D eigenvalue weighted by molar-refractivity contribution is 5.66. The van der Waals surface area contributed by atoms with Gasteiger partial charge in [0, 0.05) is 16.8 Å². The van der Waals surface area contributed by atoms with Crippen molar-refractivity contribution >= 4 is 5.69 Å². The first-order chi connectivity index (χ1) is 9.24. The summed E-state index contributed by atoms with van der Waals surface area (Å²) in [7, 11) is 0. The van der Waals surface area contributed by atoms with Crippen molar-refractivity contribution in [2.45, 2.75) is 6.92 Å². The van der Waals surface area contributed by atoms with Crippen LogP contribution in [0.5, 0.6) is 0 Å². The van der Waals surface area contributed by atoms with Crippen LogP contribution in [0.3, 0.4) is 0 Å². The maximum Gasteiger partial charge on any atom is 0.226 e. The molecule has 19 heavy (non-hydrogen) atoms. The van der Waals surface area contributed by atoms with Crippen molar-refractivity contribution in [1.29, 1.82) is 0 Å². The van der Waals surface area contributed by atoms with Gasteiger partial charge in [0.1, 0.15) is 12.0 Å². The first-order valence-corrected chi connectivity index (χ1v) is 6.11. The van der Waals surface area contributed by atoms with Crippen LogP contribution in [0.25, 0.3) is 22.7 Å². The lowest BCUT2D eigenvalue weighted by Gasteiger charge is -1.99. The maximum absolute atomic E-state index is 5.67. The molecule has 0 atom stereocenters. The monoisotopic (exact) mass is 250 g/mol. The third-order valence-electron chi connectivity index (χ3n) is 3.08. The van der Waals surface area contributed by atoms with E-state index in [0.29, 0.717) is 5.89 Å². The third-order valence-corrected chi connectivity index (χ3v) is 3.08. The standard InChI is InChI=1S/C16H14N2O/c1-11-4-2-3-5-14(11)15-10-19-16(18-15)12-6-8-13(17)9-7-12/h2-10H,17H2,1H3. The molecule has 94 valence electrons. The predicted molar refractivity (Wildman–Crippen MR) is 76.5 cm³/mol. The van der Waals surface area contributed by atoms with Gasteiger partial charge in [-0.25, -0.2) is 4.98 Å². The SMILES string of the molecule is Cc1ccccc1-c1coc(-c2ccc(N)cc2)n1. The van der Waals surface area contributed by atoms with Crippen LogP contribution < -0.4 is 5.73 Å². The molecule has 0 aliphatic rings. The Labute approximate surface area is 111 Å². The summed E-state index contributed by atoms with van der Waals surface area (Å²) in [4.78, 5) is 4.53. The van der Waals surface area contributed by atoms with Crippen molar-refractivity contribution in [2.24, 2.45) is 0 Å². The molecule has 0 saturated carbocycles. The van der Waals surface area contributed by atoms with Crippen LogP contribution in [0.1, 0.15) is 5.56 Å². The van der Waals surface area contributed by atoms with Crippen LogP contribution >= 0.6 is 0 Å². The molecule has 2 aromatic carbocycles. The highest BCUT2D eigenvalue weighted by atomic mass is 16.3. The van der Waals surface area contributed by atoms with E-state index in [1.807, 2.05) is 42.5 Å². The van der Waals surface area contributed by atoms with E-state index in [0.717, 1.165) is 22.5 Å². The van der Waals surface area contributed by atoms with E-state index < -0.39 is 0 Å². The Bertz CT molecular complexity index is 699. The van der Waals surface area contributed by atoms with Gasteiger partial charge in [-0.1, -0.05) is 24.3 Å². The zero-order chi connectivity index (χ0) is 13.2. The molecule has 2 N–H and O–H groups in total. The van der Waals surface area contributed by atoms with E-state index in [1.165, 1.54) is 5.56 Å². The molecular weight excluding hydrogens is 236 g/mol. The normalized spacial score (nSPS) is 10.6. The molecule has 3 aromatic rings. The highest BCUT2D eigenvalue weighted by Crippen LogP contribution is 2.26. The lowest BCUT2D eigenvalue weighted by Crippen LogP contribution is -1.85. The maximum atomic E-state index is 5.67. The quantitative estimate of drug-likeness (QED) is 0.702. The second-order valence-corrected chi connectivity index (χ2v) is 4.47. The molecule has 0 saturated heterocycles. The molecule has 0 bridgehead atoms. The van der Waals surface area contributed by atoms with Gasteiger partial charge >= 0.3 is 0 Å². The second kappa shape index (κ2) is 4.61. The van der Waals surface area contributed by atoms with Crippen LogP contribution in [-0.4, -0.2) is 4.98 Å². The van der Waals surface area contributed by atoms with E-state index in [9.17, 15) is 0 Å². The Morgan fingerprint density at radius 2 is 1.74 bits per heavy atom. The number of oxazole rings is 1. The molecule has 3 rings (SSSR count). The number of hydrogen-bond acceptors (Lipinski definition) is 3. The lowest BCUT2D eigenvalue weighted by molar-refractivity contribution is 0.575. The van der Waals surface area contributed by atoms with Gasteiger partial charge < -0.3 is 10.2 Å². The summed E-state index contributed by atoms with van der Waals surface area (Å²) < 4.78 is 5.55. The first kappa shape index (κ1) is 11.5. The zero-order valence-corrected chi connectivity index (χ0v) is 10.6. The number of hydrogen-bond donors (Lipinski definition) is 1. The van der Waals surface area contributed by atoms with E-state index >= 15 is 0 Å². The Balaban J connectivity index is 2.00. The number of benzene rings is 2. The van der Waals surface area contributed by atoms with Gasteiger partial charge in [0.2, 0.25) is 5.89 Å². The van der Waals surface area contributed by atoms with Gasteiger partial charge in [-0.2, -0.15) is 0 Å². The molecule has 1 aromatic heterocycles. The molecule has 1 heterocycles. The third kappa shape index (κ3) is 2.22. The van der Waals surface area contributed by atoms with Crippen LogP contribution in [0.4, 0.5) is 5.69 Å². The molecule has 0 radical (unpaired) electrons. The number of aromatic nitrogens is 1. The van der Waals surface area contributed by atoms with Gasteiger partial charge in [-0.15, -0.1) is 0 Å². The summed E-state index contributed by atoms with van der Waals surface area (Å²) in [5.74, 6) is 0.609. The van der Waals surface area contributed by atoms with Gasteiger partial charge in [-0.05, 0) is 36.8 Å². The number of rotatable bonds is 2. The van der Waals surface area contributed by atoms with E-state index in [1.54, 1.807) is 6.26 Å². The fourth-order valence-electron chi connectivity index (χ4n) is 2.02.